The first-order valence-corrected chi connectivity index (χ1v) is 10.3. The number of Topliss-reactive ketones (excluding diaryl/α,β-unsaturated/α-hetero) is 1. The summed E-state index contributed by atoms with van der Waals surface area (Å²) in [6, 6.07) is 15.5. The molecular formula is C25H19ClFNO5. The number of carbonyl (C=O) groups excluding carboxylic acids is 2. The van der Waals surface area contributed by atoms with E-state index < -0.39 is 29.3 Å². The Morgan fingerprint density at radius 1 is 1.00 bits per heavy atom. The van der Waals surface area contributed by atoms with Crippen LogP contribution in [-0.2, 0) is 9.59 Å². The van der Waals surface area contributed by atoms with Gasteiger partial charge in [0.1, 0.15) is 23.1 Å². The van der Waals surface area contributed by atoms with Crippen LogP contribution in [0.2, 0.25) is 5.02 Å². The molecule has 1 fully saturated rings. The molecule has 6 nitrogen and oxygen atoms in total. The Labute approximate surface area is 194 Å². The summed E-state index contributed by atoms with van der Waals surface area (Å²) in [5, 5.41) is 11.6. The van der Waals surface area contributed by atoms with Gasteiger partial charge in [-0.05, 0) is 60.2 Å². The number of rotatable bonds is 5. The summed E-state index contributed by atoms with van der Waals surface area (Å²) in [5.41, 5.74) is 0.817. The molecule has 33 heavy (non-hydrogen) atoms. The van der Waals surface area contributed by atoms with Crippen LogP contribution in [0, 0.1) is 5.82 Å². The lowest BCUT2D eigenvalue weighted by Crippen LogP contribution is -2.29. The van der Waals surface area contributed by atoms with Gasteiger partial charge in [0, 0.05) is 10.7 Å². The highest BCUT2D eigenvalue weighted by molar-refractivity contribution is 6.51. The summed E-state index contributed by atoms with van der Waals surface area (Å²) in [5.74, 6) is -1.92. The third-order valence-electron chi connectivity index (χ3n) is 5.38. The average molecular weight is 468 g/mol. The summed E-state index contributed by atoms with van der Waals surface area (Å²) in [6.07, 6.45) is 0. The molecule has 1 atom stereocenters. The van der Waals surface area contributed by atoms with E-state index in [2.05, 4.69) is 0 Å². The highest BCUT2D eigenvalue weighted by Gasteiger charge is 2.47. The zero-order chi connectivity index (χ0) is 23.7. The molecule has 1 amide bonds. The number of carbonyl (C=O) groups is 2. The molecule has 3 aromatic carbocycles. The fourth-order valence-electron chi connectivity index (χ4n) is 3.84. The van der Waals surface area contributed by atoms with Crippen molar-refractivity contribution in [2.45, 2.75) is 6.04 Å². The predicted molar refractivity (Wildman–Crippen MR) is 122 cm³/mol. The van der Waals surface area contributed by atoms with E-state index in [0.29, 0.717) is 22.0 Å². The van der Waals surface area contributed by atoms with Crippen LogP contribution < -0.4 is 14.4 Å². The van der Waals surface area contributed by atoms with Gasteiger partial charge >= 0.3 is 0 Å². The third kappa shape index (κ3) is 4.03. The standard InChI is InChI=1S/C25H19ClFNO5/c1-32-18-5-3-4-14(12-18)22-21(23(29)19-13-15(26)6-11-20(19)33-2)24(30)25(31)28(22)17-9-7-16(27)8-10-17/h3-13,22,29H,1-2H3/b23-21+. The van der Waals surface area contributed by atoms with Gasteiger partial charge < -0.3 is 14.6 Å². The first-order valence-electron chi connectivity index (χ1n) is 9.90. The van der Waals surface area contributed by atoms with Crippen LogP contribution in [-0.4, -0.2) is 31.0 Å². The molecular weight excluding hydrogens is 449 g/mol. The van der Waals surface area contributed by atoms with Crippen LogP contribution in [0.4, 0.5) is 10.1 Å². The van der Waals surface area contributed by atoms with Crippen molar-refractivity contribution in [2.75, 3.05) is 19.1 Å². The lowest BCUT2D eigenvalue weighted by atomic mass is 9.94. The predicted octanol–water partition coefficient (Wildman–Crippen LogP) is 5.12. The van der Waals surface area contributed by atoms with Crippen molar-refractivity contribution < 1.29 is 28.6 Å². The SMILES string of the molecule is COc1cccc(C2/C(=C(\O)c3cc(Cl)ccc3OC)C(=O)C(=O)N2c2ccc(F)cc2)c1. The van der Waals surface area contributed by atoms with Crippen molar-refractivity contribution in [3.8, 4) is 11.5 Å². The van der Waals surface area contributed by atoms with Crippen LogP contribution in [0.15, 0.2) is 72.3 Å². The van der Waals surface area contributed by atoms with E-state index in [1.807, 2.05) is 0 Å². The van der Waals surface area contributed by atoms with Gasteiger partial charge in [0.25, 0.3) is 11.7 Å². The zero-order valence-electron chi connectivity index (χ0n) is 17.7. The fraction of sp³-hybridized carbons (Fsp3) is 0.120. The Bertz CT molecular complexity index is 1270. The zero-order valence-corrected chi connectivity index (χ0v) is 18.5. The molecule has 1 heterocycles. The van der Waals surface area contributed by atoms with Gasteiger partial charge in [-0.3, -0.25) is 14.5 Å². The maximum atomic E-state index is 13.6. The van der Waals surface area contributed by atoms with Crippen molar-refractivity contribution in [1.29, 1.82) is 0 Å². The second-order valence-electron chi connectivity index (χ2n) is 7.27. The molecule has 1 N–H and O–H groups in total. The highest BCUT2D eigenvalue weighted by atomic mass is 35.5. The smallest absolute Gasteiger partial charge is 0.300 e. The summed E-state index contributed by atoms with van der Waals surface area (Å²) >= 11 is 6.12. The van der Waals surface area contributed by atoms with Crippen LogP contribution in [0.1, 0.15) is 17.2 Å². The molecule has 0 radical (unpaired) electrons. The molecule has 1 aliphatic rings. The van der Waals surface area contributed by atoms with Gasteiger partial charge in [-0.15, -0.1) is 0 Å². The largest absolute Gasteiger partial charge is 0.507 e. The Balaban J connectivity index is 1.99. The number of methoxy groups -OCH3 is 2. The Hall–Kier alpha value is -3.84. The fourth-order valence-corrected chi connectivity index (χ4v) is 4.01. The Morgan fingerprint density at radius 2 is 1.73 bits per heavy atom. The minimum absolute atomic E-state index is 0.154. The van der Waals surface area contributed by atoms with E-state index in [0.717, 1.165) is 0 Å². The molecule has 0 aliphatic carbocycles. The summed E-state index contributed by atoms with van der Waals surface area (Å²) < 4.78 is 24.2. The minimum Gasteiger partial charge on any atom is -0.507 e. The van der Waals surface area contributed by atoms with Crippen molar-refractivity contribution in [2.24, 2.45) is 0 Å². The lowest BCUT2D eigenvalue weighted by molar-refractivity contribution is -0.132. The van der Waals surface area contributed by atoms with Gasteiger partial charge in [0.05, 0.1) is 31.4 Å². The monoisotopic (exact) mass is 467 g/mol. The van der Waals surface area contributed by atoms with E-state index in [1.165, 1.54) is 49.5 Å². The van der Waals surface area contributed by atoms with E-state index >= 15 is 0 Å². The molecule has 0 aromatic heterocycles. The number of aliphatic hydroxyl groups is 1. The highest BCUT2D eigenvalue weighted by Crippen LogP contribution is 2.44. The number of nitrogens with zero attached hydrogens (tertiary/aromatic N) is 1. The van der Waals surface area contributed by atoms with Crippen LogP contribution in [0.25, 0.3) is 5.76 Å². The average Bonchev–Trinajstić information content (AvgIpc) is 3.09. The summed E-state index contributed by atoms with van der Waals surface area (Å²) in [7, 11) is 2.91. The first-order chi connectivity index (χ1) is 15.8. The van der Waals surface area contributed by atoms with Crippen molar-refractivity contribution >= 4 is 34.7 Å². The van der Waals surface area contributed by atoms with Crippen molar-refractivity contribution in [3.05, 3.63) is 94.3 Å². The molecule has 168 valence electrons. The number of halogens is 2. The molecule has 0 bridgehead atoms. The van der Waals surface area contributed by atoms with Gasteiger partial charge in [0.2, 0.25) is 0 Å². The number of hydrogen-bond acceptors (Lipinski definition) is 5. The normalized spacial score (nSPS) is 17.3. The van der Waals surface area contributed by atoms with Crippen LogP contribution >= 0.6 is 11.6 Å². The number of hydrogen-bond donors (Lipinski definition) is 1. The maximum absolute atomic E-state index is 13.6. The molecule has 4 rings (SSSR count). The van der Waals surface area contributed by atoms with Crippen LogP contribution in [0.3, 0.4) is 0 Å². The molecule has 1 unspecified atom stereocenters. The maximum Gasteiger partial charge on any atom is 0.300 e. The van der Waals surface area contributed by atoms with Gasteiger partial charge in [0.15, 0.2) is 0 Å². The number of benzene rings is 3. The molecule has 8 heteroatoms. The number of ketones is 1. The van der Waals surface area contributed by atoms with Gasteiger partial charge in [-0.25, -0.2) is 4.39 Å². The number of anilines is 1. The number of aliphatic hydroxyl groups excluding tert-OH is 1. The van der Waals surface area contributed by atoms with Crippen LogP contribution in [0.5, 0.6) is 11.5 Å². The summed E-state index contributed by atoms with van der Waals surface area (Å²) in [4.78, 5) is 27.6. The molecule has 1 aliphatic heterocycles. The quantitative estimate of drug-likeness (QED) is 0.320. The Morgan fingerprint density at radius 3 is 2.39 bits per heavy atom. The molecule has 3 aromatic rings. The second-order valence-corrected chi connectivity index (χ2v) is 7.70. The number of amides is 1. The van der Waals surface area contributed by atoms with Crippen molar-refractivity contribution in [1.82, 2.24) is 0 Å². The van der Waals surface area contributed by atoms with Gasteiger partial charge in [-0.2, -0.15) is 0 Å². The summed E-state index contributed by atoms with van der Waals surface area (Å²) in [6.45, 7) is 0. The Kier molecular flexibility index (Phi) is 6.07. The lowest BCUT2D eigenvalue weighted by Gasteiger charge is -2.26. The minimum atomic E-state index is -1.01. The topological polar surface area (TPSA) is 76.1 Å². The molecule has 0 saturated carbocycles. The van der Waals surface area contributed by atoms with E-state index in [4.69, 9.17) is 21.1 Å². The first kappa shape index (κ1) is 22.4. The van der Waals surface area contributed by atoms with Crippen molar-refractivity contribution in [3.63, 3.8) is 0 Å². The molecule has 0 spiro atoms. The second kappa shape index (κ2) is 8.96. The van der Waals surface area contributed by atoms with Gasteiger partial charge in [-0.1, -0.05) is 23.7 Å². The van der Waals surface area contributed by atoms with E-state index in [9.17, 15) is 19.1 Å². The third-order valence-corrected chi connectivity index (χ3v) is 5.61. The van der Waals surface area contributed by atoms with E-state index in [1.54, 1.807) is 36.4 Å². The van der Waals surface area contributed by atoms with E-state index in [-0.39, 0.29) is 16.9 Å². The number of ether oxygens (including phenoxy) is 2. The molecule has 1 saturated heterocycles.